The average Bonchev–Trinajstić information content (AvgIpc) is 3.18. The summed E-state index contributed by atoms with van der Waals surface area (Å²) >= 11 is 5.76. The number of anilines is 2. The minimum atomic E-state index is -0.741. The number of hydrogen-bond donors (Lipinski definition) is 1. The lowest BCUT2D eigenvalue weighted by molar-refractivity contribution is -0.124. The summed E-state index contributed by atoms with van der Waals surface area (Å²) in [7, 11) is 1.58. The third kappa shape index (κ3) is 6.80. The van der Waals surface area contributed by atoms with E-state index < -0.39 is 12.0 Å². The fourth-order valence-corrected chi connectivity index (χ4v) is 4.86. The molecule has 39 heavy (non-hydrogen) atoms. The third-order valence-corrected chi connectivity index (χ3v) is 6.83. The number of amides is 2. The Kier molecular flexibility index (Phi) is 9.27. The van der Waals surface area contributed by atoms with Crippen LogP contribution in [0.4, 0.5) is 11.4 Å². The molecular formula is C30H31N3O5S. The molecule has 0 saturated carbocycles. The number of thiocarbonyl (C=S) groups is 1. The van der Waals surface area contributed by atoms with Crippen molar-refractivity contribution in [3.63, 3.8) is 0 Å². The molecule has 3 aromatic rings. The number of hydrogen-bond acceptors (Lipinski definition) is 6. The van der Waals surface area contributed by atoms with Crippen molar-refractivity contribution in [2.24, 2.45) is 0 Å². The highest BCUT2D eigenvalue weighted by molar-refractivity contribution is 7.80. The highest BCUT2D eigenvalue weighted by Gasteiger charge is 2.43. The van der Waals surface area contributed by atoms with Gasteiger partial charge >= 0.3 is 5.97 Å². The second-order valence-electron chi connectivity index (χ2n) is 9.00. The van der Waals surface area contributed by atoms with Crippen LogP contribution in [0.5, 0.6) is 5.75 Å². The van der Waals surface area contributed by atoms with E-state index in [1.54, 1.807) is 62.6 Å². The minimum Gasteiger partial charge on any atom is -0.497 e. The monoisotopic (exact) mass is 545 g/mol. The van der Waals surface area contributed by atoms with Gasteiger partial charge in [0.25, 0.3) is 5.91 Å². The number of benzene rings is 3. The molecule has 8 nitrogen and oxygen atoms in total. The maximum absolute atomic E-state index is 13.6. The van der Waals surface area contributed by atoms with Crippen LogP contribution in [0.1, 0.15) is 35.7 Å². The summed E-state index contributed by atoms with van der Waals surface area (Å²) < 4.78 is 10.2. The summed E-state index contributed by atoms with van der Waals surface area (Å²) in [5.41, 5.74) is 2.73. The van der Waals surface area contributed by atoms with Crippen LogP contribution in [0.25, 0.3) is 0 Å². The van der Waals surface area contributed by atoms with Gasteiger partial charge in [0, 0.05) is 12.2 Å². The van der Waals surface area contributed by atoms with Crippen molar-refractivity contribution in [1.29, 1.82) is 0 Å². The Morgan fingerprint density at radius 3 is 2.31 bits per heavy atom. The second-order valence-corrected chi connectivity index (χ2v) is 9.37. The molecule has 1 atom stereocenters. The Bertz CT molecular complexity index is 1310. The van der Waals surface area contributed by atoms with E-state index in [4.69, 9.17) is 21.7 Å². The van der Waals surface area contributed by atoms with Gasteiger partial charge in [-0.2, -0.15) is 0 Å². The normalized spacial score (nSPS) is 14.9. The van der Waals surface area contributed by atoms with Gasteiger partial charge < -0.3 is 19.7 Å². The van der Waals surface area contributed by atoms with Gasteiger partial charge in [0.05, 0.1) is 31.4 Å². The van der Waals surface area contributed by atoms with Crippen molar-refractivity contribution in [3.8, 4) is 5.75 Å². The molecule has 1 fully saturated rings. The molecule has 0 aromatic heterocycles. The number of carbonyl (C=O) groups excluding carboxylic acids is 3. The molecule has 0 radical (unpaired) electrons. The number of nitrogens with one attached hydrogen (secondary N) is 1. The molecule has 1 saturated heterocycles. The highest BCUT2D eigenvalue weighted by Crippen LogP contribution is 2.29. The van der Waals surface area contributed by atoms with Gasteiger partial charge in [-0.05, 0) is 86.1 Å². The zero-order chi connectivity index (χ0) is 27.8. The zero-order valence-electron chi connectivity index (χ0n) is 22.0. The SMILES string of the molecule is CCOC(=O)c1ccc(NC(=O)CC2C(=O)N(c3ccc(OC)cc3)C(=S)N2CCCc2ccccc2)cc1. The fourth-order valence-electron chi connectivity index (χ4n) is 4.45. The topological polar surface area (TPSA) is 88.2 Å². The molecule has 202 valence electrons. The number of rotatable bonds is 11. The van der Waals surface area contributed by atoms with Crippen LogP contribution in [0.2, 0.25) is 0 Å². The van der Waals surface area contributed by atoms with Crippen molar-refractivity contribution in [1.82, 2.24) is 4.90 Å². The van der Waals surface area contributed by atoms with Crippen molar-refractivity contribution in [3.05, 3.63) is 90.0 Å². The Morgan fingerprint density at radius 2 is 1.67 bits per heavy atom. The summed E-state index contributed by atoms with van der Waals surface area (Å²) in [5, 5.41) is 3.20. The van der Waals surface area contributed by atoms with Crippen molar-refractivity contribution in [2.75, 3.05) is 30.5 Å². The summed E-state index contributed by atoms with van der Waals surface area (Å²) in [4.78, 5) is 41.9. The summed E-state index contributed by atoms with van der Waals surface area (Å²) in [6.45, 7) is 2.55. The highest BCUT2D eigenvalue weighted by atomic mass is 32.1. The largest absolute Gasteiger partial charge is 0.497 e. The van der Waals surface area contributed by atoms with Gasteiger partial charge in [0.15, 0.2) is 5.11 Å². The Balaban J connectivity index is 1.48. The molecule has 0 aliphatic carbocycles. The molecule has 3 aromatic carbocycles. The number of methoxy groups -OCH3 is 1. The lowest BCUT2D eigenvalue weighted by atomic mass is 10.1. The maximum Gasteiger partial charge on any atom is 0.338 e. The van der Waals surface area contributed by atoms with Gasteiger partial charge in [-0.25, -0.2) is 4.79 Å². The number of nitrogens with zero attached hydrogens (tertiary/aromatic N) is 2. The lowest BCUT2D eigenvalue weighted by Gasteiger charge is -2.24. The summed E-state index contributed by atoms with van der Waals surface area (Å²) in [6.07, 6.45) is 1.51. The van der Waals surface area contributed by atoms with Crippen molar-refractivity contribution >= 4 is 46.5 Å². The first kappa shape index (κ1) is 27.8. The predicted molar refractivity (Wildman–Crippen MR) is 154 cm³/mol. The molecule has 0 bridgehead atoms. The molecule has 9 heteroatoms. The second kappa shape index (κ2) is 13.0. The Labute approximate surface area is 233 Å². The van der Waals surface area contributed by atoms with E-state index in [1.165, 1.54) is 10.5 Å². The molecule has 1 unspecified atom stereocenters. The Morgan fingerprint density at radius 1 is 0.974 bits per heavy atom. The van der Waals surface area contributed by atoms with E-state index in [0.717, 1.165) is 12.8 Å². The molecule has 1 aliphatic heterocycles. The van der Waals surface area contributed by atoms with Crippen LogP contribution >= 0.6 is 12.2 Å². The van der Waals surface area contributed by atoms with E-state index in [2.05, 4.69) is 17.4 Å². The maximum atomic E-state index is 13.6. The van der Waals surface area contributed by atoms with E-state index in [9.17, 15) is 14.4 Å². The average molecular weight is 546 g/mol. The van der Waals surface area contributed by atoms with Crippen LogP contribution in [0, 0.1) is 0 Å². The standard InChI is InChI=1S/C30H31N3O5S/c1-3-38-29(36)22-11-13-23(14-12-22)31-27(34)20-26-28(35)33(24-15-17-25(37-2)18-16-24)30(39)32(26)19-7-10-21-8-5-4-6-9-21/h4-6,8-9,11-18,26H,3,7,10,19-20H2,1-2H3,(H,31,34). The minimum absolute atomic E-state index is 0.0728. The van der Waals surface area contributed by atoms with E-state index in [-0.39, 0.29) is 24.8 Å². The van der Waals surface area contributed by atoms with Crippen LogP contribution in [-0.4, -0.2) is 54.1 Å². The van der Waals surface area contributed by atoms with Crippen LogP contribution in [-0.2, 0) is 20.7 Å². The van der Waals surface area contributed by atoms with Gasteiger partial charge in [0.2, 0.25) is 5.91 Å². The quantitative estimate of drug-likeness (QED) is 0.273. The molecule has 0 spiro atoms. The first-order valence-electron chi connectivity index (χ1n) is 12.8. The van der Waals surface area contributed by atoms with Gasteiger partial charge in [-0.1, -0.05) is 30.3 Å². The fraction of sp³-hybridized carbons (Fsp3) is 0.267. The first-order chi connectivity index (χ1) is 18.9. The number of ether oxygens (including phenoxy) is 2. The number of carbonyl (C=O) groups is 3. The van der Waals surface area contributed by atoms with Crippen molar-refractivity contribution < 1.29 is 23.9 Å². The number of esters is 1. The third-order valence-electron chi connectivity index (χ3n) is 6.42. The first-order valence-corrected chi connectivity index (χ1v) is 13.2. The van der Waals surface area contributed by atoms with E-state index in [0.29, 0.717) is 34.3 Å². The molecule has 1 N–H and O–H groups in total. The van der Waals surface area contributed by atoms with E-state index >= 15 is 0 Å². The molecular weight excluding hydrogens is 514 g/mol. The molecule has 1 heterocycles. The van der Waals surface area contributed by atoms with Crippen LogP contribution < -0.4 is 15.0 Å². The molecule has 2 amide bonds. The lowest BCUT2D eigenvalue weighted by Crippen LogP contribution is -2.38. The smallest absolute Gasteiger partial charge is 0.338 e. The van der Waals surface area contributed by atoms with Gasteiger partial charge in [-0.3, -0.25) is 14.5 Å². The van der Waals surface area contributed by atoms with Gasteiger partial charge in [0.1, 0.15) is 11.8 Å². The molecule has 1 aliphatic rings. The molecule has 4 rings (SSSR count). The van der Waals surface area contributed by atoms with Crippen LogP contribution in [0.15, 0.2) is 78.9 Å². The summed E-state index contributed by atoms with van der Waals surface area (Å²) in [6, 6.07) is 22.9. The van der Waals surface area contributed by atoms with Crippen molar-refractivity contribution in [2.45, 2.75) is 32.2 Å². The summed E-state index contributed by atoms with van der Waals surface area (Å²) in [5.74, 6) is -0.339. The Hall–Kier alpha value is -4.24. The predicted octanol–water partition coefficient (Wildman–Crippen LogP) is 4.84. The van der Waals surface area contributed by atoms with E-state index in [1.807, 2.05) is 23.1 Å². The van der Waals surface area contributed by atoms with Gasteiger partial charge in [-0.15, -0.1) is 0 Å². The van der Waals surface area contributed by atoms with Crippen LogP contribution in [0.3, 0.4) is 0 Å². The zero-order valence-corrected chi connectivity index (χ0v) is 22.8. The number of aryl methyl sites for hydroxylation is 1.